The van der Waals surface area contributed by atoms with E-state index in [9.17, 15) is 0 Å². The number of piperidine rings is 1. The summed E-state index contributed by atoms with van der Waals surface area (Å²) in [7, 11) is 0. The first-order valence-corrected chi connectivity index (χ1v) is 7.18. The predicted molar refractivity (Wildman–Crippen MR) is 69.5 cm³/mol. The molecular weight excluding hydrogens is 196 g/mol. The van der Waals surface area contributed by atoms with Gasteiger partial charge < -0.3 is 10.6 Å². The summed E-state index contributed by atoms with van der Waals surface area (Å²) in [4.78, 5) is 2.75. The summed E-state index contributed by atoms with van der Waals surface area (Å²) in [6.07, 6.45) is 11.3. The summed E-state index contributed by atoms with van der Waals surface area (Å²) >= 11 is 0. The highest BCUT2D eigenvalue weighted by Gasteiger charge is 2.31. The molecule has 94 valence electrons. The molecule has 1 aliphatic heterocycles. The molecule has 1 heterocycles. The van der Waals surface area contributed by atoms with E-state index < -0.39 is 0 Å². The lowest BCUT2D eigenvalue weighted by molar-refractivity contribution is 0.0812. The van der Waals surface area contributed by atoms with E-state index in [4.69, 9.17) is 5.73 Å². The van der Waals surface area contributed by atoms with E-state index in [2.05, 4.69) is 11.8 Å². The monoisotopic (exact) mass is 224 g/mol. The van der Waals surface area contributed by atoms with Crippen molar-refractivity contribution in [3.8, 4) is 0 Å². The van der Waals surface area contributed by atoms with Gasteiger partial charge in [0.1, 0.15) is 0 Å². The lowest BCUT2D eigenvalue weighted by Gasteiger charge is -2.42. The van der Waals surface area contributed by atoms with E-state index in [1.807, 2.05) is 0 Å². The largest absolute Gasteiger partial charge is 0.330 e. The average Bonchev–Trinajstić information content (AvgIpc) is 2.59. The molecule has 0 aromatic carbocycles. The highest BCUT2D eigenvalue weighted by Crippen LogP contribution is 2.32. The minimum absolute atomic E-state index is 0.432. The summed E-state index contributed by atoms with van der Waals surface area (Å²) in [6.45, 7) is 5.81. The fourth-order valence-corrected chi connectivity index (χ4v) is 3.26. The minimum Gasteiger partial charge on any atom is -0.330 e. The van der Waals surface area contributed by atoms with E-state index in [1.165, 1.54) is 64.5 Å². The predicted octanol–water partition coefficient (Wildman–Crippen LogP) is 2.77. The van der Waals surface area contributed by atoms with Gasteiger partial charge in [0.05, 0.1) is 0 Å². The van der Waals surface area contributed by atoms with Crippen molar-refractivity contribution < 1.29 is 0 Å². The number of hydrogen-bond acceptors (Lipinski definition) is 2. The fraction of sp³-hybridized carbons (Fsp3) is 1.00. The van der Waals surface area contributed by atoms with Gasteiger partial charge in [0.2, 0.25) is 0 Å². The fourth-order valence-electron chi connectivity index (χ4n) is 3.26. The molecule has 2 aliphatic rings. The molecule has 0 amide bonds. The van der Waals surface area contributed by atoms with Gasteiger partial charge in [0.15, 0.2) is 0 Å². The van der Waals surface area contributed by atoms with Crippen molar-refractivity contribution in [3.05, 3.63) is 0 Å². The second-order valence-electron chi connectivity index (χ2n) is 6.20. The first-order chi connectivity index (χ1) is 7.73. The Balaban J connectivity index is 1.83. The van der Waals surface area contributed by atoms with Gasteiger partial charge in [-0.05, 0) is 50.7 Å². The van der Waals surface area contributed by atoms with Crippen LogP contribution in [-0.2, 0) is 0 Å². The van der Waals surface area contributed by atoms with Crippen molar-refractivity contribution in [2.24, 2.45) is 11.1 Å². The normalized spacial score (nSPS) is 28.9. The molecule has 2 fully saturated rings. The number of rotatable bonds is 2. The van der Waals surface area contributed by atoms with Gasteiger partial charge in [-0.2, -0.15) is 0 Å². The van der Waals surface area contributed by atoms with E-state index >= 15 is 0 Å². The highest BCUT2D eigenvalue weighted by molar-refractivity contribution is 4.86. The van der Waals surface area contributed by atoms with Crippen molar-refractivity contribution >= 4 is 0 Å². The molecule has 0 aromatic heterocycles. The second kappa shape index (κ2) is 5.50. The maximum absolute atomic E-state index is 5.87. The van der Waals surface area contributed by atoms with Gasteiger partial charge in [-0.15, -0.1) is 0 Å². The average molecular weight is 224 g/mol. The van der Waals surface area contributed by atoms with Crippen molar-refractivity contribution in [2.45, 2.75) is 64.3 Å². The van der Waals surface area contributed by atoms with Gasteiger partial charge in [0, 0.05) is 6.04 Å². The van der Waals surface area contributed by atoms with Crippen LogP contribution < -0.4 is 5.73 Å². The third-order valence-corrected chi connectivity index (χ3v) is 4.84. The van der Waals surface area contributed by atoms with E-state index in [0.717, 1.165) is 12.6 Å². The molecular formula is C14H28N2. The molecule has 0 atom stereocenters. The Morgan fingerprint density at radius 3 is 2.12 bits per heavy atom. The van der Waals surface area contributed by atoms with Gasteiger partial charge in [-0.25, -0.2) is 0 Å². The molecule has 2 rings (SSSR count). The molecule has 0 aromatic rings. The van der Waals surface area contributed by atoms with Crippen LogP contribution in [-0.4, -0.2) is 30.6 Å². The van der Waals surface area contributed by atoms with Crippen molar-refractivity contribution in [1.82, 2.24) is 4.90 Å². The Labute approximate surface area is 101 Å². The Bertz CT molecular complexity index is 199. The topological polar surface area (TPSA) is 29.3 Å². The van der Waals surface area contributed by atoms with Crippen LogP contribution in [0.4, 0.5) is 0 Å². The summed E-state index contributed by atoms with van der Waals surface area (Å²) in [5.41, 5.74) is 6.30. The summed E-state index contributed by atoms with van der Waals surface area (Å²) in [5.74, 6) is 0. The van der Waals surface area contributed by atoms with Gasteiger partial charge in [-0.1, -0.05) is 32.6 Å². The summed E-state index contributed by atoms with van der Waals surface area (Å²) in [5, 5.41) is 0. The molecule has 0 unspecified atom stereocenters. The van der Waals surface area contributed by atoms with Crippen LogP contribution in [0.1, 0.15) is 58.3 Å². The molecule has 1 saturated heterocycles. The maximum Gasteiger partial charge on any atom is 0.00952 e. The van der Waals surface area contributed by atoms with Crippen LogP contribution in [0.25, 0.3) is 0 Å². The molecule has 16 heavy (non-hydrogen) atoms. The van der Waals surface area contributed by atoms with E-state index in [0.29, 0.717) is 5.41 Å². The molecule has 0 spiro atoms. The molecule has 2 heteroatoms. The summed E-state index contributed by atoms with van der Waals surface area (Å²) in [6, 6.07) is 0.893. The lowest BCUT2D eigenvalue weighted by atomic mass is 9.80. The van der Waals surface area contributed by atoms with Crippen LogP contribution in [0.5, 0.6) is 0 Å². The molecule has 1 saturated carbocycles. The highest BCUT2D eigenvalue weighted by atomic mass is 15.2. The summed E-state index contributed by atoms with van der Waals surface area (Å²) < 4.78 is 0. The molecule has 2 N–H and O–H groups in total. The zero-order valence-corrected chi connectivity index (χ0v) is 10.9. The molecule has 0 radical (unpaired) electrons. The lowest BCUT2D eigenvalue weighted by Crippen LogP contribution is -2.46. The SMILES string of the molecule is CC1(CN)CCN(C2CCCCCC2)CC1. The van der Waals surface area contributed by atoms with Crippen LogP contribution in [0.3, 0.4) is 0 Å². The third-order valence-electron chi connectivity index (χ3n) is 4.84. The van der Waals surface area contributed by atoms with Gasteiger partial charge in [0.25, 0.3) is 0 Å². The van der Waals surface area contributed by atoms with Gasteiger partial charge >= 0.3 is 0 Å². The Kier molecular flexibility index (Phi) is 4.26. The third kappa shape index (κ3) is 2.98. The smallest absolute Gasteiger partial charge is 0.00952 e. The molecule has 0 bridgehead atoms. The van der Waals surface area contributed by atoms with Crippen LogP contribution in [0, 0.1) is 5.41 Å². The van der Waals surface area contributed by atoms with E-state index in [1.54, 1.807) is 0 Å². The Hall–Kier alpha value is -0.0800. The number of hydrogen-bond donors (Lipinski definition) is 1. The standard InChI is InChI=1S/C14H28N2/c1-14(12-15)8-10-16(11-9-14)13-6-4-2-3-5-7-13/h13H,2-12,15H2,1H3. The minimum atomic E-state index is 0.432. The Morgan fingerprint density at radius 2 is 1.62 bits per heavy atom. The van der Waals surface area contributed by atoms with Crippen LogP contribution >= 0.6 is 0 Å². The van der Waals surface area contributed by atoms with Gasteiger partial charge in [-0.3, -0.25) is 0 Å². The molecule has 2 nitrogen and oxygen atoms in total. The second-order valence-corrected chi connectivity index (χ2v) is 6.20. The van der Waals surface area contributed by atoms with Crippen LogP contribution in [0.15, 0.2) is 0 Å². The zero-order valence-electron chi connectivity index (χ0n) is 10.9. The van der Waals surface area contributed by atoms with Crippen molar-refractivity contribution in [3.63, 3.8) is 0 Å². The quantitative estimate of drug-likeness (QED) is 0.731. The number of likely N-dealkylation sites (tertiary alicyclic amines) is 1. The van der Waals surface area contributed by atoms with E-state index in [-0.39, 0.29) is 0 Å². The zero-order chi connectivity index (χ0) is 11.4. The maximum atomic E-state index is 5.87. The first kappa shape index (κ1) is 12.4. The number of nitrogens with zero attached hydrogens (tertiary/aromatic N) is 1. The molecule has 1 aliphatic carbocycles. The van der Waals surface area contributed by atoms with Crippen LogP contribution in [0.2, 0.25) is 0 Å². The Morgan fingerprint density at radius 1 is 1.06 bits per heavy atom. The number of nitrogens with two attached hydrogens (primary N) is 1. The van der Waals surface area contributed by atoms with Crippen molar-refractivity contribution in [2.75, 3.05) is 19.6 Å². The first-order valence-electron chi connectivity index (χ1n) is 7.18. The van der Waals surface area contributed by atoms with Crippen molar-refractivity contribution in [1.29, 1.82) is 0 Å².